The van der Waals surface area contributed by atoms with E-state index in [1.54, 1.807) is 18.1 Å². The molecule has 6 heteroatoms. The Balaban J connectivity index is 1.82. The maximum Gasteiger partial charge on any atom is 0.181 e. The standard InChI is InChI=1S/C14H14N4OS/c1-9(2)19-10-3-5-11(6-4-10)20-14-12-13(16-7-15-12)17-8-18-14/h3-9H,1-2H3,(H,15,16,17,18). The van der Waals surface area contributed by atoms with E-state index >= 15 is 0 Å². The molecule has 2 aromatic heterocycles. The molecule has 1 N–H and O–H groups in total. The second-order valence-corrected chi connectivity index (χ2v) is 5.58. The van der Waals surface area contributed by atoms with Crippen LogP contribution in [0.15, 0.2) is 46.8 Å². The van der Waals surface area contributed by atoms with Crippen LogP contribution in [-0.2, 0) is 0 Å². The molecule has 0 spiro atoms. The van der Waals surface area contributed by atoms with Crippen molar-refractivity contribution in [2.45, 2.75) is 29.9 Å². The van der Waals surface area contributed by atoms with E-state index in [9.17, 15) is 0 Å². The van der Waals surface area contributed by atoms with Crippen LogP contribution in [0.3, 0.4) is 0 Å². The number of nitrogens with one attached hydrogen (secondary N) is 1. The molecule has 102 valence electrons. The van der Waals surface area contributed by atoms with Gasteiger partial charge in [0.2, 0.25) is 0 Å². The largest absolute Gasteiger partial charge is 0.491 e. The first-order chi connectivity index (χ1) is 9.72. The first-order valence-corrected chi connectivity index (χ1v) is 7.12. The van der Waals surface area contributed by atoms with Crippen LogP contribution in [0.2, 0.25) is 0 Å². The van der Waals surface area contributed by atoms with Crippen LogP contribution in [0.25, 0.3) is 11.2 Å². The molecule has 0 aliphatic carbocycles. The van der Waals surface area contributed by atoms with E-state index in [1.165, 1.54) is 6.33 Å². The van der Waals surface area contributed by atoms with Crippen molar-refractivity contribution >= 4 is 22.9 Å². The number of fused-ring (bicyclic) bond motifs is 1. The fourth-order valence-corrected chi connectivity index (χ4v) is 2.64. The second kappa shape index (κ2) is 5.50. The summed E-state index contributed by atoms with van der Waals surface area (Å²) in [5.41, 5.74) is 1.54. The fourth-order valence-electron chi connectivity index (χ4n) is 1.79. The minimum Gasteiger partial charge on any atom is -0.491 e. The zero-order valence-electron chi connectivity index (χ0n) is 11.2. The quantitative estimate of drug-likeness (QED) is 0.746. The molecule has 0 unspecified atom stereocenters. The van der Waals surface area contributed by atoms with Crippen LogP contribution < -0.4 is 4.74 Å². The van der Waals surface area contributed by atoms with Gasteiger partial charge in [-0.3, -0.25) is 0 Å². The molecule has 0 atom stereocenters. The molecule has 1 aromatic carbocycles. The lowest BCUT2D eigenvalue weighted by Crippen LogP contribution is -2.05. The first kappa shape index (κ1) is 12.9. The Kier molecular flexibility index (Phi) is 3.56. The highest BCUT2D eigenvalue weighted by molar-refractivity contribution is 7.99. The predicted molar refractivity (Wildman–Crippen MR) is 78.0 cm³/mol. The van der Waals surface area contributed by atoms with Crippen LogP contribution in [-0.4, -0.2) is 26.0 Å². The van der Waals surface area contributed by atoms with E-state index in [1.807, 2.05) is 38.1 Å². The summed E-state index contributed by atoms with van der Waals surface area (Å²) in [6.07, 6.45) is 3.34. The lowest BCUT2D eigenvalue weighted by molar-refractivity contribution is 0.242. The summed E-state index contributed by atoms with van der Waals surface area (Å²) in [5, 5.41) is 0.866. The Morgan fingerprint density at radius 2 is 1.90 bits per heavy atom. The molecule has 0 bridgehead atoms. The molecule has 0 aliphatic heterocycles. The number of benzene rings is 1. The van der Waals surface area contributed by atoms with Crippen molar-refractivity contribution in [1.29, 1.82) is 0 Å². The van der Waals surface area contributed by atoms with Gasteiger partial charge < -0.3 is 9.72 Å². The van der Waals surface area contributed by atoms with Crippen LogP contribution in [0.5, 0.6) is 5.75 Å². The van der Waals surface area contributed by atoms with Crippen molar-refractivity contribution in [1.82, 2.24) is 19.9 Å². The third-order valence-electron chi connectivity index (χ3n) is 2.60. The van der Waals surface area contributed by atoms with Crippen molar-refractivity contribution in [3.8, 4) is 5.75 Å². The minimum absolute atomic E-state index is 0.181. The smallest absolute Gasteiger partial charge is 0.181 e. The summed E-state index contributed by atoms with van der Waals surface area (Å²) in [4.78, 5) is 16.7. The van der Waals surface area contributed by atoms with Gasteiger partial charge in [0, 0.05) is 4.90 Å². The number of aromatic nitrogens is 4. The van der Waals surface area contributed by atoms with E-state index in [0.717, 1.165) is 21.2 Å². The number of imidazole rings is 1. The molecule has 20 heavy (non-hydrogen) atoms. The number of H-pyrrole nitrogens is 1. The van der Waals surface area contributed by atoms with Crippen LogP contribution in [0.4, 0.5) is 0 Å². The van der Waals surface area contributed by atoms with E-state index in [2.05, 4.69) is 19.9 Å². The normalized spacial score (nSPS) is 11.2. The maximum absolute atomic E-state index is 5.63. The number of ether oxygens (including phenoxy) is 1. The third kappa shape index (κ3) is 2.75. The highest BCUT2D eigenvalue weighted by atomic mass is 32.2. The second-order valence-electron chi connectivity index (χ2n) is 4.52. The molecular formula is C14H14N4OS. The van der Waals surface area contributed by atoms with Gasteiger partial charge in [-0.15, -0.1) is 0 Å². The zero-order valence-corrected chi connectivity index (χ0v) is 12.0. The van der Waals surface area contributed by atoms with Crippen LogP contribution in [0, 0.1) is 0 Å². The SMILES string of the molecule is CC(C)Oc1ccc(Sc2ncnc3nc[nH]c23)cc1. The topological polar surface area (TPSA) is 63.7 Å². The van der Waals surface area contributed by atoms with Crippen molar-refractivity contribution in [2.24, 2.45) is 0 Å². The van der Waals surface area contributed by atoms with Gasteiger partial charge >= 0.3 is 0 Å². The summed E-state index contributed by atoms with van der Waals surface area (Å²) >= 11 is 1.57. The molecule has 0 radical (unpaired) electrons. The van der Waals surface area contributed by atoms with Gasteiger partial charge in [0.15, 0.2) is 5.65 Å². The van der Waals surface area contributed by atoms with Crippen LogP contribution in [0.1, 0.15) is 13.8 Å². The molecule has 0 saturated carbocycles. The lowest BCUT2D eigenvalue weighted by atomic mass is 10.3. The lowest BCUT2D eigenvalue weighted by Gasteiger charge is -2.09. The van der Waals surface area contributed by atoms with E-state index in [0.29, 0.717) is 5.65 Å². The van der Waals surface area contributed by atoms with Gasteiger partial charge in [0.25, 0.3) is 0 Å². The summed E-state index contributed by atoms with van der Waals surface area (Å²) in [6, 6.07) is 7.97. The van der Waals surface area contributed by atoms with Gasteiger partial charge in [-0.2, -0.15) is 0 Å². The molecule has 3 aromatic rings. The average molecular weight is 286 g/mol. The molecule has 0 saturated heterocycles. The number of hydrogen-bond acceptors (Lipinski definition) is 5. The predicted octanol–water partition coefficient (Wildman–Crippen LogP) is 3.29. The van der Waals surface area contributed by atoms with E-state index in [-0.39, 0.29) is 6.10 Å². The Morgan fingerprint density at radius 3 is 2.65 bits per heavy atom. The highest BCUT2D eigenvalue weighted by Crippen LogP contribution is 2.30. The van der Waals surface area contributed by atoms with Gasteiger partial charge in [-0.25, -0.2) is 15.0 Å². The van der Waals surface area contributed by atoms with Gasteiger partial charge in [0.1, 0.15) is 22.6 Å². The molecular weight excluding hydrogens is 272 g/mol. The monoisotopic (exact) mass is 286 g/mol. The highest BCUT2D eigenvalue weighted by Gasteiger charge is 2.07. The summed E-state index contributed by atoms with van der Waals surface area (Å²) in [5.74, 6) is 0.874. The molecule has 0 fully saturated rings. The Hall–Kier alpha value is -2.08. The van der Waals surface area contributed by atoms with Crippen molar-refractivity contribution < 1.29 is 4.74 Å². The molecule has 3 rings (SSSR count). The minimum atomic E-state index is 0.181. The maximum atomic E-state index is 5.63. The summed E-state index contributed by atoms with van der Waals surface area (Å²) in [7, 11) is 0. The molecule has 2 heterocycles. The van der Waals surface area contributed by atoms with E-state index in [4.69, 9.17) is 4.74 Å². The summed E-state index contributed by atoms with van der Waals surface area (Å²) in [6.45, 7) is 4.02. The Labute approximate surface area is 120 Å². The number of aromatic amines is 1. The average Bonchev–Trinajstić information content (AvgIpc) is 2.90. The Bertz CT molecular complexity index is 709. The van der Waals surface area contributed by atoms with Crippen molar-refractivity contribution in [3.05, 3.63) is 36.9 Å². The van der Waals surface area contributed by atoms with Crippen molar-refractivity contribution in [3.63, 3.8) is 0 Å². The number of hydrogen-bond donors (Lipinski definition) is 1. The fraction of sp³-hybridized carbons (Fsp3) is 0.214. The number of rotatable bonds is 4. The molecule has 0 aliphatic rings. The van der Waals surface area contributed by atoms with Gasteiger partial charge in [0.05, 0.1) is 12.4 Å². The summed E-state index contributed by atoms with van der Waals surface area (Å²) < 4.78 is 5.63. The Morgan fingerprint density at radius 1 is 1.10 bits per heavy atom. The number of nitrogens with zero attached hydrogens (tertiary/aromatic N) is 3. The zero-order chi connectivity index (χ0) is 13.9. The molecule has 5 nitrogen and oxygen atoms in total. The molecule has 0 amide bonds. The van der Waals surface area contributed by atoms with Gasteiger partial charge in [-0.05, 0) is 38.1 Å². The van der Waals surface area contributed by atoms with Crippen molar-refractivity contribution in [2.75, 3.05) is 0 Å². The third-order valence-corrected chi connectivity index (χ3v) is 3.61. The van der Waals surface area contributed by atoms with Crippen LogP contribution >= 0.6 is 11.8 Å². The first-order valence-electron chi connectivity index (χ1n) is 6.31. The van der Waals surface area contributed by atoms with E-state index < -0.39 is 0 Å². The van der Waals surface area contributed by atoms with Gasteiger partial charge in [-0.1, -0.05) is 11.8 Å².